The number of hydrogen-bond acceptors (Lipinski definition) is 3. The lowest BCUT2D eigenvalue weighted by atomic mass is 10.2. The Balaban J connectivity index is 1.71. The number of quaternary nitrogens is 1. The number of hydrogen-bond donors (Lipinski definition) is 3. The fraction of sp³-hybridized carbons (Fsp3) is 0.619. The molecule has 7 heteroatoms. The largest absolute Gasteiger partial charge is 0.497 e. The monoisotopic (exact) mass is 391 g/mol. The van der Waals surface area contributed by atoms with Gasteiger partial charge in [0.1, 0.15) is 5.75 Å². The first-order valence-corrected chi connectivity index (χ1v) is 10.4. The highest BCUT2D eigenvalue weighted by molar-refractivity contribution is 5.96. The Bertz CT molecular complexity index is 615. The summed E-state index contributed by atoms with van der Waals surface area (Å²) in [7, 11) is 1.61. The molecule has 0 bridgehead atoms. The molecule has 28 heavy (non-hydrogen) atoms. The van der Waals surface area contributed by atoms with Crippen LogP contribution in [0.4, 0.5) is 10.5 Å². The molecule has 1 aromatic rings. The minimum absolute atomic E-state index is 0.0221. The zero-order valence-electron chi connectivity index (χ0n) is 17.4. The minimum atomic E-state index is -0.193. The third kappa shape index (κ3) is 6.71. The Morgan fingerprint density at radius 1 is 1.18 bits per heavy atom. The molecule has 1 atom stereocenters. The van der Waals surface area contributed by atoms with Crippen molar-refractivity contribution in [2.75, 3.05) is 44.7 Å². The summed E-state index contributed by atoms with van der Waals surface area (Å²) in [6.07, 6.45) is 3.65. The third-order valence-electron chi connectivity index (χ3n) is 5.04. The number of benzene rings is 1. The van der Waals surface area contributed by atoms with Crippen molar-refractivity contribution in [3.8, 4) is 5.75 Å². The van der Waals surface area contributed by atoms with E-state index in [-0.39, 0.29) is 18.0 Å². The van der Waals surface area contributed by atoms with Crippen molar-refractivity contribution >= 4 is 17.6 Å². The molecule has 0 aromatic heterocycles. The van der Waals surface area contributed by atoms with Crippen LogP contribution in [0.25, 0.3) is 0 Å². The lowest BCUT2D eigenvalue weighted by Crippen LogP contribution is -3.12. The van der Waals surface area contributed by atoms with Crippen LogP contribution in [0.3, 0.4) is 0 Å². The van der Waals surface area contributed by atoms with Crippen molar-refractivity contribution in [1.29, 1.82) is 0 Å². The van der Waals surface area contributed by atoms with Crippen LogP contribution < -0.4 is 25.2 Å². The second kappa shape index (κ2) is 11.5. The first-order chi connectivity index (χ1) is 13.6. The van der Waals surface area contributed by atoms with E-state index in [1.807, 2.05) is 24.3 Å². The van der Waals surface area contributed by atoms with Gasteiger partial charge < -0.3 is 25.2 Å². The average Bonchev–Trinajstić information content (AvgIpc) is 3.05. The maximum absolute atomic E-state index is 12.3. The SMILES string of the molecule is CCC[NH+](CCC)CCCNC(=O)N[C@H]1CC(=O)N(c2ccc(OC)cc2)C1. The highest BCUT2D eigenvalue weighted by Crippen LogP contribution is 2.24. The standard InChI is InChI=1S/C21H34N4O3/c1-4-12-24(13-5-2)14-6-11-22-21(27)23-17-15-20(26)25(16-17)18-7-9-19(28-3)10-8-18/h7-10,17H,4-6,11-16H2,1-3H3,(H2,22,23,27)/p+1/t17-/m0/s1. The number of rotatable bonds is 11. The summed E-state index contributed by atoms with van der Waals surface area (Å²) in [6, 6.07) is 7.02. The maximum Gasteiger partial charge on any atom is 0.315 e. The van der Waals surface area contributed by atoms with Crippen LogP contribution in [0, 0.1) is 0 Å². The predicted molar refractivity (Wildman–Crippen MR) is 111 cm³/mol. The smallest absolute Gasteiger partial charge is 0.315 e. The average molecular weight is 392 g/mol. The lowest BCUT2D eigenvalue weighted by molar-refractivity contribution is -0.900. The van der Waals surface area contributed by atoms with E-state index in [2.05, 4.69) is 24.5 Å². The Morgan fingerprint density at radius 3 is 2.46 bits per heavy atom. The molecule has 1 aliphatic heterocycles. The summed E-state index contributed by atoms with van der Waals surface area (Å²) < 4.78 is 5.15. The molecule has 1 aliphatic rings. The van der Waals surface area contributed by atoms with Gasteiger partial charge in [-0.25, -0.2) is 4.79 Å². The fourth-order valence-electron chi connectivity index (χ4n) is 3.67. The van der Waals surface area contributed by atoms with Crippen LogP contribution in [0.5, 0.6) is 5.75 Å². The number of carbonyl (C=O) groups excluding carboxylic acids is 2. The van der Waals surface area contributed by atoms with E-state index in [4.69, 9.17) is 4.74 Å². The first kappa shape index (κ1) is 22.0. The molecule has 1 saturated heterocycles. The molecule has 1 heterocycles. The quantitative estimate of drug-likeness (QED) is 0.496. The Hall–Kier alpha value is -2.28. The van der Waals surface area contributed by atoms with Crippen LogP contribution in [0.2, 0.25) is 0 Å². The molecular weight excluding hydrogens is 356 g/mol. The first-order valence-electron chi connectivity index (χ1n) is 10.4. The summed E-state index contributed by atoms with van der Waals surface area (Å²) >= 11 is 0. The molecule has 0 radical (unpaired) electrons. The van der Waals surface area contributed by atoms with Crippen LogP contribution in [-0.2, 0) is 4.79 Å². The van der Waals surface area contributed by atoms with Crippen molar-refractivity contribution in [3.63, 3.8) is 0 Å². The van der Waals surface area contributed by atoms with E-state index in [1.54, 1.807) is 16.9 Å². The molecule has 7 nitrogen and oxygen atoms in total. The van der Waals surface area contributed by atoms with Gasteiger partial charge in [-0.3, -0.25) is 4.79 Å². The topological polar surface area (TPSA) is 75.1 Å². The van der Waals surface area contributed by atoms with Gasteiger partial charge in [-0.2, -0.15) is 0 Å². The predicted octanol–water partition coefficient (Wildman–Crippen LogP) is 1.19. The molecule has 0 unspecified atom stereocenters. The molecule has 0 spiro atoms. The summed E-state index contributed by atoms with van der Waals surface area (Å²) in [5, 5.41) is 5.85. The highest BCUT2D eigenvalue weighted by Gasteiger charge is 2.31. The van der Waals surface area contributed by atoms with Crippen LogP contribution in [0.15, 0.2) is 24.3 Å². The van der Waals surface area contributed by atoms with E-state index in [9.17, 15) is 9.59 Å². The van der Waals surface area contributed by atoms with Crippen LogP contribution in [0.1, 0.15) is 39.5 Å². The van der Waals surface area contributed by atoms with Gasteiger partial charge >= 0.3 is 6.03 Å². The number of nitrogens with one attached hydrogen (secondary N) is 3. The molecule has 1 aromatic carbocycles. The normalized spacial score (nSPS) is 16.5. The van der Waals surface area contributed by atoms with E-state index in [0.29, 0.717) is 19.5 Å². The third-order valence-corrected chi connectivity index (χ3v) is 5.04. The number of urea groups is 1. The molecule has 156 valence electrons. The molecule has 3 amide bonds. The lowest BCUT2D eigenvalue weighted by Gasteiger charge is -2.19. The van der Waals surface area contributed by atoms with Gasteiger partial charge in [-0.15, -0.1) is 0 Å². The van der Waals surface area contributed by atoms with E-state index >= 15 is 0 Å². The number of nitrogens with zero attached hydrogens (tertiary/aromatic N) is 1. The second-order valence-corrected chi connectivity index (χ2v) is 7.36. The van der Waals surface area contributed by atoms with Crippen molar-refractivity contribution in [2.45, 2.75) is 45.6 Å². The summed E-state index contributed by atoms with van der Waals surface area (Å²) in [4.78, 5) is 27.8. The molecule has 3 N–H and O–H groups in total. The molecule has 1 fully saturated rings. The fourth-order valence-corrected chi connectivity index (χ4v) is 3.67. The Morgan fingerprint density at radius 2 is 1.86 bits per heavy atom. The van der Waals surface area contributed by atoms with E-state index in [1.165, 1.54) is 25.9 Å². The van der Waals surface area contributed by atoms with Gasteiger partial charge in [0.05, 0.1) is 32.8 Å². The summed E-state index contributed by atoms with van der Waals surface area (Å²) in [5.74, 6) is 0.775. The summed E-state index contributed by atoms with van der Waals surface area (Å²) in [5.41, 5.74) is 0.824. The number of amides is 3. The maximum atomic E-state index is 12.3. The Labute approximate surface area is 168 Å². The number of anilines is 1. The van der Waals surface area contributed by atoms with Gasteiger partial charge in [0.2, 0.25) is 5.91 Å². The van der Waals surface area contributed by atoms with Gasteiger partial charge in [0.15, 0.2) is 0 Å². The van der Waals surface area contributed by atoms with Crippen molar-refractivity contribution < 1.29 is 19.2 Å². The van der Waals surface area contributed by atoms with Crippen molar-refractivity contribution in [2.24, 2.45) is 0 Å². The Kier molecular flexibility index (Phi) is 9.07. The number of carbonyl (C=O) groups is 2. The number of methoxy groups -OCH3 is 1. The van der Waals surface area contributed by atoms with Gasteiger partial charge in [0, 0.05) is 31.6 Å². The minimum Gasteiger partial charge on any atom is -0.497 e. The molecule has 0 saturated carbocycles. The van der Waals surface area contributed by atoms with Crippen molar-refractivity contribution in [1.82, 2.24) is 10.6 Å². The molecular formula is C21H35N4O3+. The number of ether oxygens (including phenoxy) is 1. The van der Waals surface area contributed by atoms with Crippen LogP contribution in [-0.4, -0.2) is 57.8 Å². The zero-order valence-corrected chi connectivity index (χ0v) is 17.4. The van der Waals surface area contributed by atoms with Crippen LogP contribution >= 0.6 is 0 Å². The van der Waals surface area contributed by atoms with Gasteiger partial charge in [0.25, 0.3) is 0 Å². The molecule has 2 rings (SSSR count). The van der Waals surface area contributed by atoms with Gasteiger partial charge in [-0.1, -0.05) is 13.8 Å². The second-order valence-electron chi connectivity index (χ2n) is 7.36. The zero-order chi connectivity index (χ0) is 20.4. The van der Waals surface area contributed by atoms with E-state index < -0.39 is 0 Å². The summed E-state index contributed by atoms with van der Waals surface area (Å²) in [6.45, 7) is 9.01. The highest BCUT2D eigenvalue weighted by atomic mass is 16.5. The van der Waals surface area contributed by atoms with E-state index in [0.717, 1.165) is 24.4 Å². The van der Waals surface area contributed by atoms with Crippen molar-refractivity contribution in [3.05, 3.63) is 24.3 Å². The molecule has 0 aliphatic carbocycles. The van der Waals surface area contributed by atoms with Gasteiger partial charge in [-0.05, 0) is 37.1 Å².